The first-order chi connectivity index (χ1) is 8.82. The molecule has 0 N–H and O–H groups in total. The average Bonchev–Trinajstić information content (AvgIpc) is 2.35. The van der Waals surface area contributed by atoms with Crippen molar-refractivity contribution in [3.63, 3.8) is 0 Å². The number of alkyl halides is 1. The van der Waals surface area contributed by atoms with Crippen LogP contribution in [0.15, 0.2) is 23.1 Å². The second-order valence-corrected chi connectivity index (χ2v) is 7.26. The lowest BCUT2D eigenvalue weighted by Gasteiger charge is -2.23. The molecule has 0 spiro atoms. The maximum absolute atomic E-state index is 12.7. The van der Waals surface area contributed by atoms with Gasteiger partial charge in [0.25, 0.3) is 0 Å². The molecule has 0 aliphatic carbocycles. The van der Waals surface area contributed by atoms with Gasteiger partial charge in [0.1, 0.15) is 0 Å². The highest BCUT2D eigenvalue weighted by Gasteiger charge is 2.25. The van der Waals surface area contributed by atoms with Crippen molar-refractivity contribution in [3.05, 3.63) is 29.3 Å². The van der Waals surface area contributed by atoms with Crippen LogP contribution in [0.4, 0.5) is 0 Å². The van der Waals surface area contributed by atoms with E-state index in [2.05, 4.69) is 0 Å². The third-order valence-corrected chi connectivity index (χ3v) is 5.34. The summed E-state index contributed by atoms with van der Waals surface area (Å²) in [6.45, 7) is 8.71. The Morgan fingerprint density at radius 2 is 1.95 bits per heavy atom. The molecule has 5 heteroatoms. The summed E-state index contributed by atoms with van der Waals surface area (Å²) in [5, 5.41) is 0. The summed E-state index contributed by atoms with van der Waals surface area (Å²) in [5.41, 5.74) is 1.59. The first kappa shape index (κ1) is 16.5. The number of halogens is 1. The van der Waals surface area contributed by atoms with E-state index in [1.54, 1.807) is 6.07 Å². The summed E-state index contributed by atoms with van der Waals surface area (Å²) in [6, 6.07) is 5.36. The van der Waals surface area contributed by atoms with E-state index in [-0.39, 0.29) is 0 Å². The lowest BCUT2D eigenvalue weighted by molar-refractivity contribution is 0.380. The van der Waals surface area contributed by atoms with E-state index in [0.717, 1.165) is 11.1 Å². The average molecular weight is 304 g/mol. The number of benzene rings is 1. The number of hydrogen-bond acceptors (Lipinski definition) is 2. The molecule has 0 aliphatic rings. The second kappa shape index (κ2) is 6.73. The first-order valence-electron chi connectivity index (χ1n) is 6.48. The predicted octanol–water partition coefficient (Wildman–Crippen LogP) is 3.40. The number of aryl methyl sites for hydroxylation is 1. The van der Waals surface area contributed by atoms with E-state index in [1.807, 2.05) is 39.8 Å². The van der Waals surface area contributed by atoms with Gasteiger partial charge in [-0.25, -0.2) is 8.42 Å². The maximum Gasteiger partial charge on any atom is 0.243 e. The Balaban J connectivity index is 3.24. The lowest BCUT2D eigenvalue weighted by atomic mass is 10.2. The van der Waals surface area contributed by atoms with Crippen molar-refractivity contribution in [2.24, 2.45) is 5.92 Å². The van der Waals surface area contributed by atoms with Crippen LogP contribution in [0.5, 0.6) is 0 Å². The Bertz CT molecular complexity index is 526. The SMILES string of the molecule is CCN(CC(C)C)S(=O)(=O)c1cc(CCl)ccc1C. The summed E-state index contributed by atoms with van der Waals surface area (Å²) in [7, 11) is -3.43. The topological polar surface area (TPSA) is 37.4 Å². The molecule has 0 saturated carbocycles. The second-order valence-electron chi connectivity index (χ2n) is 5.08. The standard InChI is InChI=1S/C14H22ClNO2S/c1-5-16(10-11(2)3)19(17,18)14-8-13(9-15)7-6-12(14)4/h6-8,11H,5,9-10H2,1-4H3. The third-order valence-electron chi connectivity index (χ3n) is 2.95. The van der Waals surface area contributed by atoms with Gasteiger partial charge in [-0.15, -0.1) is 11.6 Å². The minimum Gasteiger partial charge on any atom is -0.207 e. The van der Waals surface area contributed by atoms with Crippen molar-refractivity contribution in [1.29, 1.82) is 0 Å². The monoisotopic (exact) mass is 303 g/mol. The Hall–Kier alpha value is -0.580. The van der Waals surface area contributed by atoms with Crippen molar-refractivity contribution in [1.82, 2.24) is 4.31 Å². The fourth-order valence-electron chi connectivity index (χ4n) is 1.95. The van der Waals surface area contributed by atoms with E-state index in [9.17, 15) is 8.42 Å². The number of nitrogens with zero attached hydrogens (tertiary/aromatic N) is 1. The Morgan fingerprint density at radius 1 is 1.32 bits per heavy atom. The van der Waals surface area contributed by atoms with Gasteiger partial charge in [0.15, 0.2) is 0 Å². The molecule has 0 atom stereocenters. The zero-order chi connectivity index (χ0) is 14.6. The lowest BCUT2D eigenvalue weighted by Crippen LogP contribution is -2.34. The maximum atomic E-state index is 12.7. The highest BCUT2D eigenvalue weighted by molar-refractivity contribution is 7.89. The van der Waals surface area contributed by atoms with Crippen molar-refractivity contribution in [2.45, 2.75) is 38.5 Å². The number of sulfonamides is 1. The summed E-state index contributed by atoms with van der Waals surface area (Å²) >= 11 is 5.79. The highest BCUT2D eigenvalue weighted by Crippen LogP contribution is 2.22. The van der Waals surface area contributed by atoms with Crippen molar-refractivity contribution >= 4 is 21.6 Å². The largest absolute Gasteiger partial charge is 0.243 e. The molecule has 0 fully saturated rings. The number of hydrogen-bond donors (Lipinski definition) is 0. The van der Waals surface area contributed by atoms with E-state index in [4.69, 9.17) is 11.6 Å². The predicted molar refractivity (Wildman–Crippen MR) is 80.0 cm³/mol. The van der Waals surface area contributed by atoms with Crippen molar-refractivity contribution in [2.75, 3.05) is 13.1 Å². The molecule has 3 nitrogen and oxygen atoms in total. The van der Waals surface area contributed by atoms with Crippen LogP contribution in [0.1, 0.15) is 31.9 Å². The van der Waals surface area contributed by atoms with Gasteiger partial charge in [0.2, 0.25) is 10.0 Å². The summed E-state index contributed by atoms with van der Waals surface area (Å²) in [4.78, 5) is 0.369. The quantitative estimate of drug-likeness (QED) is 0.755. The van der Waals surface area contributed by atoms with Crippen LogP contribution in [-0.2, 0) is 15.9 Å². The van der Waals surface area contributed by atoms with E-state index < -0.39 is 10.0 Å². The van der Waals surface area contributed by atoms with E-state index in [1.165, 1.54) is 4.31 Å². The van der Waals surface area contributed by atoms with Crippen LogP contribution >= 0.6 is 11.6 Å². The fraction of sp³-hybridized carbons (Fsp3) is 0.571. The molecular formula is C14H22ClNO2S. The molecule has 0 bridgehead atoms. The van der Waals surface area contributed by atoms with E-state index in [0.29, 0.717) is 29.8 Å². The van der Waals surface area contributed by atoms with Gasteiger partial charge in [-0.05, 0) is 30.0 Å². The molecular weight excluding hydrogens is 282 g/mol. The summed E-state index contributed by atoms with van der Waals surface area (Å²) < 4.78 is 26.9. The molecule has 0 aromatic heterocycles. The van der Waals surface area contributed by atoms with Gasteiger partial charge in [0.05, 0.1) is 4.90 Å². The normalized spacial score (nSPS) is 12.4. The van der Waals surface area contributed by atoms with Gasteiger partial charge in [-0.3, -0.25) is 0 Å². The van der Waals surface area contributed by atoms with Gasteiger partial charge >= 0.3 is 0 Å². The van der Waals surface area contributed by atoms with Gasteiger partial charge in [0, 0.05) is 19.0 Å². The number of rotatable bonds is 6. The molecule has 1 aromatic rings. The van der Waals surface area contributed by atoms with Crippen molar-refractivity contribution < 1.29 is 8.42 Å². The molecule has 0 heterocycles. The Kier molecular flexibility index (Phi) is 5.83. The minimum atomic E-state index is -3.43. The minimum absolute atomic E-state index is 0.297. The molecule has 19 heavy (non-hydrogen) atoms. The highest BCUT2D eigenvalue weighted by atomic mass is 35.5. The molecule has 108 valence electrons. The molecule has 0 aliphatic heterocycles. The van der Waals surface area contributed by atoms with Gasteiger partial charge in [-0.2, -0.15) is 4.31 Å². The summed E-state index contributed by atoms with van der Waals surface area (Å²) in [5.74, 6) is 0.616. The molecule has 0 amide bonds. The smallest absolute Gasteiger partial charge is 0.207 e. The molecule has 1 aromatic carbocycles. The molecule has 0 unspecified atom stereocenters. The van der Waals surface area contributed by atoms with Crippen LogP contribution in [0.25, 0.3) is 0 Å². The van der Waals surface area contributed by atoms with Crippen LogP contribution in [0, 0.1) is 12.8 Å². The van der Waals surface area contributed by atoms with Crippen molar-refractivity contribution in [3.8, 4) is 0 Å². The van der Waals surface area contributed by atoms with Crippen LogP contribution < -0.4 is 0 Å². The molecule has 0 saturated heterocycles. The zero-order valence-corrected chi connectivity index (χ0v) is 13.6. The Morgan fingerprint density at radius 3 is 2.42 bits per heavy atom. The van der Waals surface area contributed by atoms with Gasteiger partial charge in [-0.1, -0.05) is 32.9 Å². The fourth-order valence-corrected chi connectivity index (χ4v) is 4.00. The first-order valence-corrected chi connectivity index (χ1v) is 8.46. The molecule has 1 rings (SSSR count). The van der Waals surface area contributed by atoms with Gasteiger partial charge < -0.3 is 0 Å². The zero-order valence-electron chi connectivity index (χ0n) is 12.0. The van der Waals surface area contributed by atoms with Crippen LogP contribution in [-0.4, -0.2) is 25.8 Å². The van der Waals surface area contributed by atoms with E-state index >= 15 is 0 Å². The van der Waals surface area contributed by atoms with Crippen LogP contribution in [0.2, 0.25) is 0 Å². The van der Waals surface area contributed by atoms with Crippen LogP contribution in [0.3, 0.4) is 0 Å². The summed E-state index contributed by atoms with van der Waals surface area (Å²) in [6.07, 6.45) is 0. The molecule has 0 radical (unpaired) electrons. The Labute approximate surface area is 121 Å². The third kappa shape index (κ3) is 3.94.